The Morgan fingerprint density at radius 3 is 2.48 bits per heavy atom. The molecule has 0 unspecified atom stereocenters. The van der Waals surface area contributed by atoms with Crippen LogP contribution in [0, 0.1) is 6.92 Å². The second-order valence-corrected chi connectivity index (χ2v) is 7.30. The number of rotatable bonds is 5. The Bertz CT molecular complexity index is 718. The quantitative estimate of drug-likeness (QED) is 0.849. The first-order valence-corrected chi connectivity index (χ1v) is 8.34. The summed E-state index contributed by atoms with van der Waals surface area (Å²) in [6, 6.07) is 8.51. The van der Waals surface area contributed by atoms with Gasteiger partial charge in [0.25, 0.3) is 0 Å². The van der Waals surface area contributed by atoms with Crippen molar-refractivity contribution in [1.82, 2.24) is 9.29 Å². The van der Waals surface area contributed by atoms with Crippen LogP contribution < -0.4 is 0 Å². The zero-order chi connectivity index (χ0) is 15.5. The fraction of sp³-hybridized carbons (Fsp3) is 0.267. The van der Waals surface area contributed by atoms with Gasteiger partial charge in [-0.25, -0.2) is 12.7 Å². The summed E-state index contributed by atoms with van der Waals surface area (Å²) >= 11 is 5.94. The van der Waals surface area contributed by atoms with Crippen molar-refractivity contribution in [1.29, 1.82) is 0 Å². The highest BCUT2D eigenvalue weighted by Crippen LogP contribution is 2.21. The molecule has 0 aliphatic heterocycles. The smallest absolute Gasteiger partial charge is 0.242 e. The van der Waals surface area contributed by atoms with Crippen LogP contribution in [0.5, 0.6) is 0 Å². The second kappa shape index (κ2) is 6.56. The van der Waals surface area contributed by atoms with Crippen molar-refractivity contribution in [3.8, 4) is 0 Å². The van der Waals surface area contributed by atoms with E-state index in [-0.39, 0.29) is 4.90 Å². The van der Waals surface area contributed by atoms with Gasteiger partial charge in [-0.05, 0) is 54.8 Å². The van der Waals surface area contributed by atoms with Gasteiger partial charge in [0.2, 0.25) is 10.0 Å². The molecule has 2 rings (SSSR count). The van der Waals surface area contributed by atoms with E-state index in [1.807, 2.05) is 12.1 Å². The van der Waals surface area contributed by atoms with Gasteiger partial charge >= 0.3 is 0 Å². The van der Waals surface area contributed by atoms with Crippen LogP contribution in [-0.2, 0) is 16.4 Å². The molecule has 0 saturated carbocycles. The van der Waals surface area contributed by atoms with Crippen LogP contribution in [0.1, 0.15) is 11.1 Å². The van der Waals surface area contributed by atoms with Gasteiger partial charge in [0, 0.05) is 31.0 Å². The predicted octanol–water partition coefficient (Wildman–Crippen LogP) is 2.91. The van der Waals surface area contributed by atoms with E-state index in [0.29, 0.717) is 18.0 Å². The summed E-state index contributed by atoms with van der Waals surface area (Å²) in [6.07, 6.45) is 4.05. The summed E-state index contributed by atoms with van der Waals surface area (Å²) in [5.74, 6) is 0. The Hall–Kier alpha value is -1.43. The summed E-state index contributed by atoms with van der Waals surface area (Å²) in [5, 5.41) is 0.563. The molecular weight excluding hydrogens is 308 g/mol. The van der Waals surface area contributed by atoms with Crippen molar-refractivity contribution in [2.45, 2.75) is 18.2 Å². The number of nitrogens with zero attached hydrogens (tertiary/aromatic N) is 2. The highest BCUT2D eigenvalue weighted by Gasteiger charge is 2.20. The average molecular weight is 325 g/mol. The first-order valence-electron chi connectivity index (χ1n) is 6.52. The molecular formula is C15H17ClN2O2S. The van der Waals surface area contributed by atoms with Gasteiger partial charge in [-0.15, -0.1) is 0 Å². The van der Waals surface area contributed by atoms with Crippen LogP contribution in [0.2, 0.25) is 5.02 Å². The maximum absolute atomic E-state index is 12.5. The van der Waals surface area contributed by atoms with Crippen molar-refractivity contribution >= 4 is 21.6 Å². The average Bonchev–Trinajstić information content (AvgIpc) is 2.48. The third-order valence-corrected chi connectivity index (χ3v) is 5.58. The second-order valence-electron chi connectivity index (χ2n) is 4.84. The van der Waals surface area contributed by atoms with Gasteiger partial charge in [-0.2, -0.15) is 0 Å². The lowest BCUT2D eigenvalue weighted by molar-refractivity contribution is 0.472. The fourth-order valence-corrected chi connectivity index (χ4v) is 3.29. The molecule has 1 heterocycles. The molecule has 1 aromatic carbocycles. The maximum Gasteiger partial charge on any atom is 0.242 e. The number of benzene rings is 1. The third-order valence-electron chi connectivity index (χ3n) is 3.30. The molecule has 2 aromatic rings. The Labute approximate surface area is 130 Å². The number of hydrogen-bond donors (Lipinski definition) is 0. The zero-order valence-electron chi connectivity index (χ0n) is 12.0. The van der Waals surface area contributed by atoms with Crippen molar-refractivity contribution in [3.63, 3.8) is 0 Å². The Morgan fingerprint density at radius 1 is 1.19 bits per heavy atom. The van der Waals surface area contributed by atoms with Crippen molar-refractivity contribution < 1.29 is 8.42 Å². The number of likely N-dealkylation sites (N-methyl/N-ethyl adjacent to an activating group) is 1. The summed E-state index contributed by atoms with van der Waals surface area (Å²) < 4.78 is 26.3. The van der Waals surface area contributed by atoms with Crippen LogP contribution in [0.25, 0.3) is 0 Å². The van der Waals surface area contributed by atoms with Gasteiger partial charge in [0.05, 0.1) is 4.90 Å². The highest BCUT2D eigenvalue weighted by atomic mass is 35.5. The normalized spacial score (nSPS) is 11.8. The van der Waals surface area contributed by atoms with Crippen molar-refractivity contribution in [2.24, 2.45) is 0 Å². The first kappa shape index (κ1) is 15.9. The molecule has 6 heteroatoms. The molecule has 4 nitrogen and oxygen atoms in total. The largest absolute Gasteiger partial charge is 0.265 e. The van der Waals surface area contributed by atoms with E-state index in [1.165, 1.54) is 10.4 Å². The van der Waals surface area contributed by atoms with E-state index in [1.54, 1.807) is 38.5 Å². The van der Waals surface area contributed by atoms with E-state index >= 15 is 0 Å². The Kier molecular flexibility index (Phi) is 4.98. The molecule has 0 amide bonds. The van der Waals surface area contributed by atoms with E-state index < -0.39 is 10.0 Å². The van der Waals surface area contributed by atoms with E-state index in [2.05, 4.69) is 4.98 Å². The number of pyridine rings is 1. The molecule has 0 fully saturated rings. The third kappa shape index (κ3) is 3.81. The predicted molar refractivity (Wildman–Crippen MR) is 83.9 cm³/mol. The molecule has 0 spiro atoms. The molecule has 0 aliphatic carbocycles. The summed E-state index contributed by atoms with van der Waals surface area (Å²) in [5.41, 5.74) is 1.81. The fourth-order valence-electron chi connectivity index (χ4n) is 1.91. The van der Waals surface area contributed by atoms with Gasteiger partial charge in [0.1, 0.15) is 0 Å². The van der Waals surface area contributed by atoms with Crippen LogP contribution in [-0.4, -0.2) is 31.3 Å². The molecule has 112 valence electrons. The lowest BCUT2D eigenvalue weighted by atomic mass is 10.2. The van der Waals surface area contributed by atoms with Gasteiger partial charge in [0.15, 0.2) is 0 Å². The number of sulfonamides is 1. The topological polar surface area (TPSA) is 50.3 Å². The Morgan fingerprint density at radius 2 is 1.86 bits per heavy atom. The molecule has 0 atom stereocenters. The molecule has 0 saturated heterocycles. The monoisotopic (exact) mass is 324 g/mol. The van der Waals surface area contributed by atoms with Crippen LogP contribution >= 0.6 is 11.6 Å². The zero-order valence-corrected chi connectivity index (χ0v) is 13.5. The van der Waals surface area contributed by atoms with Gasteiger partial charge in [-0.3, -0.25) is 4.98 Å². The number of aromatic nitrogens is 1. The lowest BCUT2D eigenvalue weighted by Crippen LogP contribution is -2.29. The molecule has 0 radical (unpaired) electrons. The minimum Gasteiger partial charge on any atom is -0.265 e. The molecule has 0 N–H and O–H groups in total. The van der Waals surface area contributed by atoms with Crippen LogP contribution in [0.3, 0.4) is 0 Å². The Balaban J connectivity index is 2.13. The number of hydrogen-bond acceptors (Lipinski definition) is 3. The highest BCUT2D eigenvalue weighted by molar-refractivity contribution is 7.89. The van der Waals surface area contributed by atoms with Crippen LogP contribution in [0.4, 0.5) is 0 Å². The lowest BCUT2D eigenvalue weighted by Gasteiger charge is -2.17. The van der Waals surface area contributed by atoms with Gasteiger partial charge < -0.3 is 0 Å². The summed E-state index contributed by atoms with van der Waals surface area (Å²) in [6.45, 7) is 2.20. The molecule has 0 bridgehead atoms. The number of aryl methyl sites for hydroxylation is 1. The SMILES string of the molecule is Cc1cc(S(=O)(=O)N(C)CCc2ccncc2)ccc1Cl. The standard InChI is InChI=1S/C15H17ClN2O2S/c1-12-11-14(3-4-15(12)16)21(19,20)18(2)10-7-13-5-8-17-9-6-13/h3-6,8-9,11H,7,10H2,1-2H3. The molecule has 21 heavy (non-hydrogen) atoms. The number of halogens is 1. The minimum atomic E-state index is -3.49. The van der Waals surface area contributed by atoms with Crippen molar-refractivity contribution in [2.75, 3.05) is 13.6 Å². The minimum absolute atomic E-state index is 0.265. The van der Waals surface area contributed by atoms with E-state index in [9.17, 15) is 8.42 Å². The summed E-state index contributed by atoms with van der Waals surface area (Å²) in [4.78, 5) is 4.21. The van der Waals surface area contributed by atoms with E-state index in [4.69, 9.17) is 11.6 Å². The molecule has 1 aromatic heterocycles. The summed E-state index contributed by atoms with van der Waals surface area (Å²) in [7, 11) is -1.91. The molecule has 0 aliphatic rings. The van der Waals surface area contributed by atoms with E-state index in [0.717, 1.165) is 11.1 Å². The van der Waals surface area contributed by atoms with Crippen LogP contribution in [0.15, 0.2) is 47.6 Å². The van der Waals surface area contributed by atoms with Crippen molar-refractivity contribution in [3.05, 3.63) is 58.9 Å². The maximum atomic E-state index is 12.5. The van der Waals surface area contributed by atoms with Gasteiger partial charge in [-0.1, -0.05) is 11.6 Å². The first-order chi connectivity index (χ1) is 9.91.